The molecular weight excluding hydrogens is 216 g/mol. The number of phenols is 1. The fourth-order valence-corrected chi connectivity index (χ4v) is 2.91. The minimum atomic E-state index is 0.0390. The van der Waals surface area contributed by atoms with Gasteiger partial charge < -0.3 is 15.3 Å². The maximum Gasteiger partial charge on any atom is 0.254 e. The number of fused-ring (bicyclic) bond motifs is 1. The Morgan fingerprint density at radius 3 is 3.12 bits per heavy atom. The lowest BCUT2D eigenvalue weighted by Crippen LogP contribution is -2.39. The third-order valence-corrected chi connectivity index (χ3v) is 3.80. The molecule has 2 heterocycles. The molecule has 2 N–H and O–H groups in total. The molecule has 3 rings (SSSR count). The standard InChI is InChI=1S/C13H16N2O2/c16-11-3-1-2-9(6-11)13(17)15-5-4-10-7-14-8-12(10)15/h1-3,6,10,12,14,16H,4-5,7-8H2/t10-,12+/m1/s1. The van der Waals surface area contributed by atoms with Gasteiger partial charge in [-0.3, -0.25) is 4.79 Å². The molecule has 1 amide bonds. The van der Waals surface area contributed by atoms with Crippen molar-refractivity contribution in [3.8, 4) is 5.75 Å². The van der Waals surface area contributed by atoms with Crippen molar-refractivity contribution < 1.29 is 9.90 Å². The summed E-state index contributed by atoms with van der Waals surface area (Å²) in [5.41, 5.74) is 0.581. The third kappa shape index (κ3) is 1.78. The van der Waals surface area contributed by atoms with Gasteiger partial charge in [0.05, 0.1) is 0 Å². The second-order valence-corrected chi connectivity index (χ2v) is 4.82. The van der Waals surface area contributed by atoms with Crippen LogP contribution < -0.4 is 5.32 Å². The number of hydrogen-bond donors (Lipinski definition) is 2. The van der Waals surface area contributed by atoms with E-state index in [1.54, 1.807) is 18.2 Å². The molecule has 0 spiro atoms. The number of aromatic hydroxyl groups is 1. The monoisotopic (exact) mass is 232 g/mol. The molecule has 2 aliphatic rings. The molecule has 4 heteroatoms. The molecule has 4 nitrogen and oxygen atoms in total. The van der Waals surface area contributed by atoms with Gasteiger partial charge >= 0.3 is 0 Å². The lowest BCUT2D eigenvalue weighted by atomic mass is 10.0. The van der Waals surface area contributed by atoms with Crippen molar-refractivity contribution in [3.63, 3.8) is 0 Å². The molecule has 17 heavy (non-hydrogen) atoms. The highest BCUT2D eigenvalue weighted by Crippen LogP contribution is 2.28. The maximum atomic E-state index is 12.3. The first-order valence-electron chi connectivity index (χ1n) is 6.06. The third-order valence-electron chi connectivity index (χ3n) is 3.80. The van der Waals surface area contributed by atoms with Crippen molar-refractivity contribution in [1.82, 2.24) is 10.2 Å². The van der Waals surface area contributed by atoms with Crippen LogP contribution in [0.1, 0.15) is 16.8 Å². The number of carbonyl (C=O) groups excluding carboxylic acids is 1. The van der Waals surface area contributed by atoms with Gasteiger partial charge in [0.1, 0.15) is 5.75 Å². The molecule has 2 atom stereocenters. The number of likely N-dealkylation sites (tertiary alicyclic amines) is 1. The van der Waals surface area contributed by atoms with Crippen LogP contribution in [-0.2, 0) is 0 Å². The highest BCUT2D eigenvalue weighted by Gasteiger charge is 2.40. The maximum absolute atomic E-state index is 12.3. The lowest BCUT2D eigenvalue weighted by molar-refractivity contribution is 0.0736. The summed E-state index contributed by atoms with van der Waals surface area (Å²) in [7, 11) is 0. The molecule has 0 unspecified atom stereocenters. The number of benzene rings is 1. The summed E-state index contributed by atoms with van der Waals surface area (Å²) in [4.78, 5) is 14.3. The molecule has 2 aliphatic heterocycles. The summed E-state index contributed by atoms with van der Waals surface area (Å²) in [5, 5.41) is 12.7. The summed E-state index contributed by atoms with van der Waals surface area (Å²) in [6.45, 7) is 2.76. The molecule has 2 fully saturated rings. The fraction of sp³-hybridized carbons (Fsp3) is 0.462. The van der Waals surface area contributed by atoms with Gasteiger partial charge in [-0.2, -0.15) is 0 Å². The Labute approximate surface area is 100 Å². The van der Waals surface area contributed by atoms with E-state index >= 15 is 0 Å². The second-order valence-electron chi connectivity index (χ2n) is 4.82. The topological polar surface area (TPSA) is 52.6 Å². The second kappa shape index (κ2) is 4.04. The van der Waals surface area contributed by atoms with Crippen LogP contribution >= 0.6 is 0 Å². The number of amides is 1. The number of hydrogen-bond acceptors (Lipinski definition) is 3. The number of carbonyl (C=O) groups is 1. The van der Waals surface area contributed by atoms with Crippen molar-refractivity contribution in [3.05, 3.63) is 29.8 Å². The Morgan fingerprint density at radius 1 is 1.41 bits per heavy atom. The zero-order chi connectivity index (χ0) is 11.8. The number of rotatable bonds is 1. The highest BCUT2D eigenvalue weighted by atomic mass is 16.3. The quantitative estimate of drug-likeness (QED) is 0.754. The summed E-state index contributed by atoms with van der Waals surface area (Å²) in [6.07, 6.45) is 1.09. The van der Waals surface area contributed by atoms with E-state index in [9.17, 15) is 9.90 Å². The van der Waals surface area contributed by atoms with Gasteiger partial charge in [-0.1, -0.05) is 6.07 Å². The summed E-state index contributed by atoms with van der Waals surface area (Å²) < 4.78 is 0. The van der Waals surface area contributed by atoms with E-state index in [1.807, 2.05) is 4.90 Å². The van der Waals surface area contributed by atoms with Crippen LogP contribution in [0.3, 0.4) is 0 Å². The predicted molar refractivity (Wildman–Crippen MR) is 63.9 cm³/mol. The van der Waals surface area contributed by atoms with E-state index in [1.165, 1.54) is 6.07 Å². The SMILES string of the molecule is O=C(c1cccc(O)c1)N1CC[C@@H]2CNC[C@@H]21. The predicted octanol–water partition coefficient (Wildman–Crippen LogP) is 0.826. The van der Waals surface area contributed by atoms with Crippen molar-refractivity contribution in [2.75, 3.05) is 19.6 Å². The van der Waals surface area contributed by atoms with Crippen LogP contribution in [0.2, 0.25) is 0 Å². The molecule has 0 saturated carbocycles. The Morgan fingerprint density at radius 2 is 2.29 bits per heavy atom. The molecule has 0 aliphatic carbocycles. The van der Waals surface area contributed by atoms with Crippen LogP contribution in [-0.4, -0.2) is 41.6 Å². The normalized spacial score (nSPS) is 27.2. The van der Waals surface area contributed by atoms with Gasteiger partial charge in [-0.15, -0.1) is 0 Å². The van der Waals surface area contributed by atoms with Crippen LogP contribution in [0, 0.1) is 5.92 Å². The van der Waals surface area contributed by atoms with E-state index in [0.717, 1.165) is 26.1 Å². The molecule has 0 bridgehead atoms. The van der Waals surface area contributed by atoms with Crippen LogP contribution in [0.5, 0.6) is 5.75 Å². The first-order chi connectivity index (χ1) is 8.25. The Kier molecular flexibility index (Phi) is 2.52. The van der Waals surface area contributed by atoms with E-state index in [2.05, 4.69) is 5.32 Å². The molecule has 2 saturated heterocycles. The van der Waals surface area contributed by atoms with E-state index < -0.39 is 0 Å². The molecule has 90 valence electrons. The van der Waals surface area contributed by atoms with Gasteiger partial charge in [0.25, 0.3) is 5.91 Å². The minimum Gasteiger partial charge on any atom is -0.508 e. The molecule has 1 aromatic rings. The van der Waals surface area contributed by atoms with E-state index in [4.69, 9.17) is 0 Å². The Hall–Kier alpha value is -1.55. The average molecular weight is 232 g/mol. The zero-order valence-corrected chi connectivity index (χ0v) is 9.60. The van der Waals surface area contributed by atoms with Crippen molar-refractivity contribution in [2.24, 2.45) is 5.92 Å². The first kappa shape index (κ1) is 10.6. The van der Waals surface area contributed by atoms with Gasteiger partial charge in [0.2, 0.25) is 0 Å². The molecule has 0 aromatic heterocycles. The van der Waals surface area contributed by atoms with Crippen LogP contribution in [0.4, 0.5) is 0 Å². The smallest absolute Gasteiger partial charge is 0.254 e. The molecule has 0 radical (unpaired) electrons. The highest BCUT2D eigenvalue weighted by molar-refractivity contribution is 5.95. The number of nitrogens with one attached hydrogen (secondary N) is 1. The minimum absolute atomic E-state index is 0.0390. The van der Waals surface area contributed by atoms with Crippen LogP contribution in [0.15, 0.2) is 24.3 Å². The summed E-state index contributed by atoms with van der Waals surface area (Å²) in [6, 6.07) is 6.93. The molecular formula is C13H16N2O2. The number of phenolic OH excluding ortho intramolecular Hbond substituents is 1. The van der Waals surface area contributed by atoms with Crippen molar-refractivity contribution in [1.29, 1.82) is 0 Å². The zero-order valence-electron chi connectivity index (χ0n) is 9.60. The first-order valence-corrected chi connectivity index (χ1v) is 6.06. The van der Waals surface area contributed by atoms with Gasteiger partial charge in [-0.25, -0.2) is 0 Å². The fourth-order valence-electron chi connectivity index (χ4n) is 2.91. The van der Waals surface area contributed by atoms with Crippen molar-refractivity contribution in [2.45, 2.75) is 12.5 Å². The average Bonchev–Trinajstić information content (AvgIpc) is 2.89. The van der Waals surface area contributed by atoms with Gasteiger partial charge in [-0.05, 0) is 30.5 Å². The van der Waals surface area contributed by atoms with Gasteiger partial charge in [0, 0.05) is 31.2 Å². The van der Waals surface area contributed by atoms with E-state index in [0.29, 0.717) is 17.5 Å². The largest absolute Gasteiger partial charge is 0.508 e. The summed E-state index contributed by atoms with van der Waals surface area (Å²) in [5.74, 6) is 0.796. The Bertz CT molecular complexity index is 447. The lowest BCUT2D eigenvalue weighted by Gasteiger charge is -2.23. The van der Waals surface area contributed by atoms with E-state index in [-0.39, 0.29) is 11.7 Å². The Balaban J connectivity index is 1.83. The van der Waals surface area contributed by atoms with Crippen LogP contribution in [0.25, 0.3) is 0 Å². The van der Waals surface area contributed by atoms with Gasteiger partial charge in [0.15, 0.2) is 0 Å². The van der Waals surface area contributed by atoms with Crippen molar-refractivity contribution >= 4 is 5.91 Å². The molecule has 1 aromatic carbocycles. The number of nitrogens with zero attached hydrogens (tertiary/aromatic N) is 1. The summed E-state index contributed by atoms with van der Waals surface area (Å²) >= 11 is 0.